The number of aromatic nitrogens is 2. The van der Waals surface area contributed by atoms with Crippen molar-refractivity contribution in [3.63, 3.8) is 0 Å². The van der Waals surface area contributed by atoms with Gasteiger partial charge in [0, 0.05) is 50.9 Å². The van der Waals surface area contributed by atoms with E-state index in [-0.39, 0.29) is 11.6 Å². The van der Waals surface area contributed by atoms with Crippen molar-refractivity contribution >= 4 is 5.91 Å². The molecule has 0 spiro atoms. The standard InChI is InChI=1S/C32H32F4N4O4/c1-4-44-28-12-7-21(15-29(28)43-3)17-37-30(41)22-8-5-20(6-9-22)18-39-14-13-27-24(19-39)31(42)40(38(27)2)23-10-11-26(33)25(16-23)32(34,35)36/h5-12,15-16H,4,13-14,17-19H2,1-3H3,(H,37,41). The lowest BCUT2D eigenvalue weighted by Gasteiger charge is -2.26. The van der Waals surface area contributed by atoms with Crippen LogP contribution in [0.15, 0.2) is 65.5 Å². The summed E-state index contributed by atoms with van der Waals surface area (Å²) < 4.78 is 67.3. The SMILES string of the molecule is CCOc1ccc(CNC(=O)c2ccc(CN3CCc4c(c(=O)n(-c5ccc(F)c(C(F)(F)F)c5)n4C)C3)cc2)cc1OC. The Morgan fingerprint density at radius 3 is 2.41 bits per heavy atom. The highest BCUT2D eigenvalue weighted by atomic mass is 19.4. The van der Waals surface area contributed by atoms with E-state index >= 15 is 0 Å². The number of ether oxygens (including phenoxy) is 2. The first-order chi connectivity index (χ1) is 21.0. The second-order valence-electron chi connectivity index (χ2n) is 10.5. The molecule has 3 aromatic carbocycles. The Hall–Kier alpha value is -4.58. The van der Waals surface area contributed by atoms with Gasteiger partial charge in [-0.3, -0.25) is 19.2 Å². The maximum atomic E-state index is 13.9. The monoisotopic (exact) mass is 612 g/mol. The van der Waals surface area contributed by atoms with Gasteiger partial charge in [-0.1, -0.05) is 18.2 Å². The highest BCUT2D eigenvalue weighted by Crippen LogP contribution is 2.33. The van der Waals surface area contributed by atoms with Crippen LogP contribution in [0, 0.1) is 5.82 Å². The van der Waals surface area contributed by atoms with Crippen molar-refractivity contribution in [3.8, 4) is 17.2 Å². The molecule has 1 aliphatic rings. The fourth-order valence-corrected chi connectivity index (χ4v) is 5.43. The second kappa shape index (κ2) is 12.6. The van der Waals surface area contributed by atoms with Gasteiger partial charge in [-0.05, 0) is 60.5 Å². The lowest BCUT2D eigenvalue weighted by molar-refractivity contribution is -0.140. The molecule has 4 aromatic rings. The van der Waals surface area contributed by atoms with Crippen molar-refractivity contribution in [3.05, 3.63) is 110 Å². The molecule has 0 fully saturated rings. The van der Waals surface area contributed by atoms with Crippen molar-refractivity contribution in [2.45, 2.75) is 39.2 Å². The van der Waals surface area contributed by atoms with Crippen LogP contribution in [0.2, 0.25) is 0 Å². The summed E-state index contributed by atoms with van der Waals surface area (Å²) in [6, 6.07) is 15.2. The summed E-state index contributed by atoms with van der Waals surface area (Å²) in [4.78, 5) is 28.2. The number of nitrogens with one attached hydrogen (secondary N) is 1. The number of hydrogen-bond donors (Lipinski definition) is 1. The summed E-state index contributed by atoms with van der Waals surface area (Å²) in [6.45, 7) is 4.14. The van der Waals surface area contributed by atoms with Crippen molar-refractivity contribution in [2.75, 3.05) is 20.3 Å². The number of nitrogens with zero attached hydrogens (tertiary/aromatic N) is 3. The van der Waals surface area contributed by atoms with Crippen molar-refractivity contribution in [1.29, 1.82) is 0 Å². The molecule has 44 heavy (non-hydrogen) atoms. The van der Waals surface area contributed by atoms with Crippen molar-refractivity contribution < 1.29 is 31.8 Å². The Bertz CT molecular complexity index is 1730. The van der Waals surface area contributed by atoms with Gasteiger partial charge in [-0.15, -0.1) is 0 Å². The van der Waals surface area contributed by atoms with Gasteiger partial charge in [0.2, 0.25) is 0 Å². The lowest BCUT2D eigenvalue weighted by Crippen LogP contribution is -2.32. The maximum Gasteiger partial charge on any atom is 0.419 e. The van der Waals surface area contributed by atoms with Crippen LogP contribution in [0.3, 0.4) is 0 Å². The predicted octanol–water partition coefficient (Wildman–Crippen LogP) is 5.23. The Balaban J connectivity index is 1.24. The summed E-state index contributed by atoms with van der Waals surface area (Å²) in [5.41, 5.74) is 1.59. The zero-order valence-electron chi connectivity index (χ0n) is 24.5. The number of alkyl halides is 3. The number of carbonyl (C=O) groups is 1. The second-order valence-corrected chi connectivity index (χ2v) is 10.5. The third-order valence-electron chi connectivity index (χ3n) is 7.64. The molecule has 0 unspecified atom stereocenters. The largest absolute Gasteiger partial charge is 0.493 e. The quantitative estimate of drug-likeness (QED) is 0.262. The molecule has 0 atom stereocenters. The predicted molar refractivity (Wildman–Crippen MR) is 156 cm³/mol. The Morgan fingerprint density at radius 1 is 1.00 bits per heavy atom. The minimum absolute atomic E-state index is 0.0531. The minimum atomic E-state index is -4.88. The van der Waals surface area contributed by atoms with Crippen LogP contribution in [0.25, 0.3) is 5.69 Å². The minimum Gasteiger partial charge on any atom is -0.493 e. The zero-order chi connectivity index (χ0) is 31.6. The number of halogens is 4. The van der Waals surface area contributed by atoms with Gasteiger partial charge in [0.05, 0.1) is 30.5 Å². The normalized spacial score (nSPS) is 13.4. The first-order valence-corrected chi connectivity index (χ1v) is 14.1. The summed E-state index contributed by atoms with van der Waals surface area (Å²) in [6.07, 6.45) is -4.37. The molecule has 0 radical (unpaired) electrons. The molecule has 2 heterocycles. The highest BCUT2D eigenvalue weighted by Gasteiger charge is 2.35. The van der Waals surface area contributed by atoms with E-state index in [1.165, 1.54) is 6.07 Å². The number of fused-ring (bicyclic) bond motifs is 1. The lowest BCUT2D eigenvalue weighted by atomic mass is 10.1. The van der Waals surface area contributed by atoms with Crippen LogP contribution < -0.4 is 20.3 Å². The van der Waals surface area contributed by atoms with Crippen molar-refractivity contribution in [1.82, 2.24) is 19.6 Å². The number of benzene rings is 3. The van der Waals surface area contributed by atoms with Gasteiger partial charge in [-0.2, -0.15) is 13.2 Å². The molecule has 12 heteroatoms. The molecule has 1 aliphatic heterocycles. The van der Waals surface area contributed by atoms with E-state index in [2.05, 4.69) is 10.2 Å². The summed E-state index contributed by atoms with van der Waals surface area (Å²) in [5, 5.41) is 2.90. The third-order valence-corrected chi connectivity index (χ3v) is 7.64. The van der Waals surface area contributed by atoms with Gasteiger partial charge in [0.25, 0.3) is 11.5 Å². The number of rotatable bonds is 9. The number of hydrogen-bond acceptors (Lipinski definition) is 5. The summed E-state index contributed by atoms with van der Waals surface area (Å²) >= 11 is 0. The first-order valence-electron chi connectivity index (χ1n) is 14.1. The average molecular weight is 613 g/mol. The molecule has 1 amide bonds. The van der Waals surface area contributed by atoms with Gasteiger partial charge in [0.1, 0.15) is 5.82 Å². The van der Waals surface area contributed by atoms with Gasteiger partial charge >= 0.3 is 6.18 Å². The molecule has 0 aliphatic carbocycles. The van der Waals surface area contributed by atoms with Crippen LogP contribution in [0.4, 0.5) is 17.6 Å². The average Bonchev–Trinajstić information content (AvgIpc) is 3.25. The van der Waals surface area contributed by atoms with E-state index in [1.807, 2.05) is 31.2 Å². The fraction of sp³-hybridized carbons (Fsp3) is 0.312. The fourth-order valence-electron chi connectivity index (χ4n) is 5.43. The molecule has 1 aromatic heterocycles. The van der Waals surface area contributed by atoms with E-state index < -0.39 is 23.1 Å². The first kappa shape index (κ1) is 30.9. The molecule has 0 saturated carbocycles. The van der Waals surface area contributed by atoms with E-state index in [0.717, 1.165) is 27.6 Å². The van der Waals surface area contributed by atoms with Gasteiger partial charge in [0.15, 0.2) is 11.5 Å². The molecular formula is C32H32F4N4O4. The van der Waals surface area contributed by atoms with Gasteiger partial charge in [-0.25, -0.2) is 9.07 Å². The van der Waals surface area contributed by atoms with E-state index in [0.29, 0.717) is 67.9 Å². The van der Waals surface area contributed by atoms with Crippen LogP contribution in [0.5, 0.6) is 11.5 Å². The van der Waals surface area contributed by atoms with Gasteiger partial charge < -0.3 is 14.8 Å². The summed E-state index contributed by atoms with van der Waals surface area (Å²) in [7, 11) is 3.17. The van der Waals surface area contributed by atoms with Crippen LogP contribution in [-0.4, -0.2) is 40.4 Å². The molecule has 8 nitrogen and oxygen atoms in total. The molecule has 232 valence electrons. The Morgan fingerprint density at radius 2 is 1.73 bits per heavy atom. The van der Waals surface area contributed by atoms with Crippen LogP contribution >= 0.6 is 0 Å². The van der Waals surface area contributed by atoms with Crippen LogP contribution in [-0.2, 0) is 39.3 Å². The molecule has 1 N–H and O–H groups in total. The number of carbonyl (C=O) groups excluding carboxylic acids is 1. The third kappa shape index (κ3) is 6.35. The smallest absolute Gasteiger partial charge is 0.419 e. The maximum absolute atomic E-state index is 13.9. The van der Waals surface area contributed by atoms with Crippen LogP contribution in [0.1, 0.15) is 45.2 Å². The van der Waals surface area contributed by atoms with E-state index in [9.17, 15) is 27.2 Å². The van der Waals surface area contributed by atoms with E-state index in [4.69, 9.17) is 9.47 Å². The molecular weight excluding hydrogens is 580 g/mol. The van der Waals surface area contributed by atoms with E-state index in [1.54, 1.807) is 37.0 Å². The number of amides is 1. The molecule has 5 rings (SSSR count). The Kier molecular flexibility index (Phi) is 8.82. The molecule has 0 saturated heterocycles. The van der Waals surface area contributed by atoms with Crippen molar-refractivity contribution in [2.24, 2.45) is 7.05 Å². The zero-order valence-corrected chi connectivity index (χ0v) is 24.5. The highest BCUT2D eigenvalue weighted by molar-refractivity contribution is 5.94. The summed E-state index contributed by atoms with van der Waals surface area (Å²) in [5.74, 6) is -0.397. The number of methoxy groups -OCH3 is 1. The topological polar surface area (TPSA) is 77.7 Å². The Labute approximate surface area is 251 Å². The molecule has 0 bridgehead atoms.